The van der Waals surface area contributed by atoms with Crippen LogP contribution in [0.4, 0.5) is 13.2 Å². The number of carbonyl (C=O) groups excluding carboxylic acids is 1. The molecule has 0 fully saturated rings. The van der Waals surface area contributed by atoms with Gasteiger partial charge in [0.2, 0.25) is 0 Å². The van der Waals surface area contributed by atoms with Crippen molar-refractivity contribution in [3.63, 3.8) is 0 Å². The number of nitrogens with zero attached hydrogens (tertiary/aromatic N) is 2. The van der Waals surface area contributed by atoms with Gasteiger partial charge in [-0.15, -0.1) is 0 Å². The third-order valence-electron chi connectivity index (χ3n) is 2.30. The topological polar surface area (TPSA) is 77.8 Å². The van der Waals surface area contributed by atoms with Crippen molar-refractivity contribution in [1.82, 2.24) is 15.6 Å². The number of aromatic nitrogens is 1. The lowest BCUT2D eigenvalue weighted by molar-refractivity contribution is -0.138. The molecule has 0 atom stereocenters. The summed E-state index contributed by atoms with van der Waals surface area (Å²) in [4.78, 5) is 15.3. The van der Waals surface area contributed by atoms with Crippen LogP contribution in [0.5, 0.6) is 0 Å². The molecule has 9 heteroatoms. The van der Waals surface area contributed by atoms with E-state index in [-0.39, 0.29) is 5.11 Å². The van der Waals surface area contributed by atoms with Gasteiger partial charge >= 0.3 is 6.18 Å². The first kappa shape index (κ1) is 16.8. The van der Waals surface area contributed by atoms with Gasteiger partial charge in [0.1, 0.15) is 5.54 Å². The van der Waals surface area contributed by atoms with E-state index in [4.69, 9.17) is 17.5 Å². The number of thiocarbonyl (C=S) groups is 1. The molecule has 21 heavy (non-hydrogen) atoms. The Kier molecular flexibility index (Phi) is 4.85. The van der Waals surface area contributed by atoms with Crippen LogP contribution in [-0.2, 0) is 6.18 Å². The third-order valence-corrected chi connectivity index (χ3v) is 2.51. The summed E-state index contributed by atoms with van der Waals surface area (Å²) in [5.41, 5.74) is -2.83. The maximum atomic E-state index is 12.8. The fourth-order valence-electron chi connectivity index (χ4n) is 1.34. The molecule has 1 aromatic heterocycles. The maximum absolute atomic E-state index is 12.8. The molecule has 0 radical (unpaired) electrons. The lowest BCUT2D eigenvalue weighted by atomic mass is 10.1. The van der Waals surface area contributed by atoms with E-state index in [2.05, 4.69) is 15.6 Å². The Bertz CT molecular complexity index is 607. The molecule has 0 aromatic carbocycles. The molecule has 0 unspecified atom stereocenters. The van der Waals surface area contributed by atoms with E-state index < -0.39 is 28.7 Å². The molecule has 0 saturated heterocycles. The van der Waals surface area contributed by atoms with Gasteiger partial charge in [-0.1, -0.05) is 0 Å². The van der Waals surface area contributed by atoms with Crippen LogP contribution in [-0.4, -0.2) is 21.5 Å². The molecule has 112 valence electrons. The molecule has 0 bridgehead atoms. The second-order valence-corrected chi connectivity index (χ2v) is 4.97. The van der Waals surface area contributed by atoms with Crippen LogP contribution >= 0.6 is 12.2 Å². The minimum atomic E-state index is -4.68. The van der Waals surface area contributed by atoms with Gasteiger partial charge in [0.15, 0.2) is 5.11 Å². The molecule has 0 aliphatic carbocycles. The van der Waals surface area contributed by atoms with Crippen molar-refractivity contribution in [1.29, 1.82) is 5.26 Å². The maximum Gasteiger partial charge on any atom is 0.417 e. The number of alkyl halides is 3. The lowest BCUT2D eigenvalue weighted by Crippen LogP contribution is -2.49. The smallest absolute Gasteiger partial charge is 0.345 e. The van der Waals surface area contributed by atoms with Gasteiger partial charge in [-0.05, 0) is 32.1 Å². The zero-order valence-corrected chi connectivity index (χ0v) is 11.9. The van der Waals surface area contributed by atoms with Gasteiger partial charge in [0.25, 0.3) is 5.91 Å². The number of carbonyl (C=O) groups is 1. The SMILES string of the molecule is CC(C)(C#N)NC(=S)NC(=O)c1cnccc1C(F)(F)F. The first-order chi connectivity index (χ1) is 9.57. The van der Waals surface area contributed by atoms with E-state index in [1.165, 1.54) is 13.8 Å². The normalized spacial score (nSPS) is 11.4. The summed E-state index contributed by atoms with van der Waals surface area (Å²) < 4.78 is 38.3. The quantitative estimate of drug-likeness (QED) is 0.816. The molecule has 0 aliphatic heterocycles. The second-order valence-electron chi connectivity index (χ2n) is 4.56. The summed E-state index contributed by atoms with van der Waals surface area (Å²) in [6, 6.07) is 2.58. The number of nitriles is 1. The van der Waals surface area contributed by atoms with Gasteiger partial charge in [-0.25, -0.2) is 0 Å². The van der Waals surface area contributed by atoms with E-state index in [0.717, 1.165) is 12.4 Å². The van der Waals surface area contributed by atoms with Gasteiger partial charge in [-0.2, -0.15) is 18.4 Å². The van der Waals surface area contributed by atoms with E-state index >= 15 is 0 Å². The van der Waals surface area contributed by atoms with E-state index in [9.17, 15) is 18.0 Å². The van der Waals surface area contributed by atoms with Gasteiger partial charge < -0.3 is 5.32 Å². The monoisotopic (exact) mass is 316 g/mol. The summed E-state index contributed by atoms with van der Waals surface area (Å²) in [6.45, 7) is 2.99. The highest BCUT2D eigenvalue weighted by Crippen LogP contribution is 2.31. The van der Waals surface area contributed by atoms with Crippen molar-refractivity contribution in [2.45, 2.75) is 25.6 Å². The molecule has 1 amide bonds. The number of pyridine rings is 1. The molecule has 0 saturated carbocycles. The molecule has 1 heterocycles. The zero-order chi connectivity index (χ0) is 16.3. The lowest BCUT2D eigenvalue weighted by Gasteiger charge is -2.20. The Hall–Kier alpha value is -2.21. The van der Waals surface area contributed by atoms with Crippen molar-refractivity contribution in [3.05, 3.63) is 29.6 Å². The standard InChI is InChI=1S/C12H11F3N4OS/c1-11(2,6-16)19-10(21)18-9(20)7-5-17-4-3-8(7)12(13,14)15/h3-5H,1-2H3,(H2,18,19,20,21). The van der Waals surface area contributed by atoms with Gasteiger partial charge in [-0.3, -0.25) is 15.1 Å². The van der Waals surface area contributed by atoms with E-state index in [0.29, 0.717) is 6.07 Å². The first-order valence-corrected chi connectivity index (χ1v) is 6.03. The van der Waals surface area contributed by atoms with Crippen molar-refractivity contribution in [2.75, 3.05) is 0 Å². The molecular formula is C12H11F3N4OS. The van der Waals surface area contributed by atoms with Crippen molar-refractivity contribution in [3.8, 4) is 6.07 Å². The first-order valence-electron chi connectivity index (χ1n) is 5.63. The largest absolute Gasteiger partial charge is 0.417 e. The molecule has 0 aliphatic rings. The highest BCUT2D eigenvalue weighted by Gasteiger charge is 2.35. The van der Waals surface area contributed by atoms with Crippen molar-refractivity contribution >= 4 is 23.2 Å². The van der Waals surface area contributed by atoms with Crippen molar-refractivity contribution in [2.24, 2.45) is 0 Å². The fraction of sp³-hybridized carbons (Fsp3) is 0.333. The summed E-state index contributed by atoms with van der Waals surface area (Å²) in [5, 5.41) is 13.1. The highest BCUT2D eigenvalue weighted by atomic mass is 32.1. The van der Waals surface area contributed by atoms with Gasteiger partial charge in [0.05, 0.1) is 17.2 Å². The Labute approximate surface area is 124 Å². The Balaban J connectivity index is 2.92. The Morgan fingerprint density at radius 2 is 2.05 bits per heavy atom. The molecule has 5 nitrogen and oxygen atoms in total. The molecule has 1 rings (SSSR count). The molecular weight excluding hydrogens is 305 g/mol. The summed E-state index contributed by atoms with van der Waals surface area (Å²) in [6.07, 6.45) is -2.94. The van der Waals surface area contributed by atoms with Crippen LogP contribution in [0.25, 0.3) is 0 Å². The number of hydrogen-bond donors (Lipinski definition) is 2. The van der Waals surface area contributed by atoms with Gasteiger partial charge in [0, 0.05) is 12.4 Å². The predicted molar refractivity (Wildman–Crippen MR) is 72.1 cm³/mol. The number of rotatable bonds is 2. The summed E-state index contributed by atoms with van der Waals surface area (Å²) in [7, 11) is 0. The number of hydrogen-bond acceptors (Lipinski definition) is 4. The average Bonchev–Trinajstić information content (AvgIpc) is 2.37. The third kappa shape index (κ3) is 4.68. The molecule has 2 N–H and O–H groups in total. The number of nitrogens with one attached hydrogen (secondary N) is 2. The van der Waals surface area contributed by atoms with Crippen LogP contribution in [0, 0.1) is 11.3 Å². The number of amides is 1. The van der Waals surface area contributed by atoms with Crippen LogP contribution in [0.3, 0.4) is 0 Å². The average molecular weight is 316 g/mol. The van der Waals surface area contributed by atoms with Crippen LogP contribution in [0.1, 0.15) is 29.8 Å². The zero-order valence-electron chi connectivity index (χ0n) is 11.1. The minimum Gasteiger partial charge on any atom is -0.345 e. The number of halogens is 3. The van der Waals surface area contributed by atoms with Crippen molar-refractivity contribution < 1.29 is 18.0 Å². The van der Waals surface area contributed by atoms with E-state index in [1.807, 2.05) is 6.07 Å². The molecule has 1 aromatic rings. The minimum absolute atomic E-state index is 0.247. The Morgan fingerprint density at radius 1 is 1.43 bits per heavy atom. The van der Waals surface area contributed by atoms with Crippen LogP contribution < -0.4 is 10.6 Å². The summed E-state index contributed by atoms with van der Waals surface area (Å²) in [5.74, 6) is -1.05. The highest BCUT2D eigenvalue weighted by molar-refractivity contribution is 7.80. The van der Waals surface area contributed by atoms with E-state index in [1.54, 1.807) is 0 Å². The summed E-state index contributed by atoms with van der Waals surface area (Å²) >= 11 is 4.79. The molecule has 0 spiro atoms. The Morgan fingerprint density at radius 3 is 2.57 bits per heavy atom. The fourth-order valence-corrected chi connectivity index (χ4v) is 1.68. The van der Waals surface area contributed by atoms with Crippen LogP contribution in [0.2, 0.25) is 0 Å². The second kappa shape index (κ2) is 6.05. The van der Waals surface area contributed by atoms with Crippen LogP contribution in [0.15, 0.2) is 18.5 Å². The predicted octanol–water partition coefficient (Wildman–Crippen LogP) is 2.01.